The topological polar surface area (TPSA) is 78.8 Å². The Balaban J connectivity index is 1.84. The second-order valence-corrected chi connectivity index (χ2v) is 5.26. The van der Waals surface area contributed by atoms with Crippen LogP contribution in [0, 0.1) is 5.92 Å². The first-order chi connectivity index (χ1) is 9.56. The van der Waals surface area contributed by atoms with Crippen molar-refractivity contribution >= 4 is 24.1 Å². The molecule has 1 fully saturated rings. The van der Waals surface area contributed by atoms with E-state index in [1.165, 1.54) is 11.2 Å². The van der Waals surface area contributed by atoms with E-state index in [0.717, 1.165) is 5.57 Å². The van der Waals surface area contributed by atoms with Gasteiger partial charge in [0.25, 0.3) is 0 Å². The third-order valence-corrected chi connectivity index (χ3v) is 3.82. The molecule has 0 aromatic carbocycles. The molecule has 1 aliphatic carbocycles. The Morgan fingerprint density at radius 2 is 2.15 bits per heavy atom. The van der Waals surface area contributed by atoms with E-state index in [9.17, 15) is 14.4 Å². The average molecular weight is 273 g/mol. The summed E-state index contributed by atoms with van der Waals surface area (Å²) in [5.74, 6) is -1.21. The van der Waals surface area contributed by atoms with Crippen molar-refractivity contribution in [2.45, 2.75) is 31.8 Å². The number of allylic oxidation sites excluding steroid dienone is 2. The van der Waals surface area contributed by atoms with Crippen LogP contribution in [0.25, 0.3) is 0 Å². The van der Waals surface area contributed by atoms with Crippen LogP contribution < -0.4 is 5.32 Å². The molecule has 3 aliphatic rings. The molecular formula is C14H15N3O3. The highest BCUT2D eigenvalue weighted by molar-refractivity contribution is 6.05. The number of hydrogen-bond acceptors (Lipinski definition) is 4. The number of imide groups is 1. The van der Waals surface area contributed by atoms with Crippen LogP contribution in [0.15, 0.2) is 28.8 Å². The van der Waals surface area contributed by atoms with Crippen molar-refractivity contribution in [3.05, 3.63) is 23.8 Å². The zero-order chi connectivity index (χ0) is 14.3. The van der Waals surface area contributed by atoms with Gasteiger partial charge in [-0.2, -0.15) is 0 Å². The number of piperidine rings is 1. The first-order valence-electron chi connectivity index (χ1n) is 6.62. The maximum absolute atomic E-state index is 12.5. The van der Waals surface area contributed by atoms with Crippen molar-refractivity contribution in [1.29, 1.82) is 0 Å². The first-order valence-corrected chi connectivity index (χ1v) is 6.62. The Morgan fingerprint density at radius 1 is 1.35 bits per heavy atom. The summed E-state index contributed by atoms with van der Waals surface area (Å²) in [6.45, 7) is 1.96. The van der Waals surface area contributed by atoms with E-state index in [0.29, 0.717) is 6.42 Å². The number of fused-ring (bicyclic) bond motifs is 1. The molecule has 20 heavy (non-hydrogen) atoms. The smallest absolute Gasteiger partial charge is 0.249 e. The fourth-order valence-electron chi connectivity index (χ4n) is 2.72. The van der Waals surface area contributed by atoms with Crippen molar-refractivity contribution in [3.63, 3.8) is 0 Å². The van der Waals surface area contributed by atoms with Gasteiger partial charge in [-0.3, -0.25) is 29.6 Å². The fourth-order valence-corrected chi connectivity index (χ4v) is 2.72. The van der Waals surface area contributed by atoms with Crippen LogP contribution in [0.5, 0.6) is 0 Å². The standard InChI is InChI=1S/C14H15N3O3/c1-8-2-3-9-10(6-8)15-7-17(14(9)20)11-4-5-12(18)16-13(11)19/h2-3,6-7,9-11H,4-5H2,1H3,(H,16,18,19). The van der Waals surface area contributed by atoms with Gasteiger partial charge in [-0.15, -0.1) is 0 Å². The molecule has 3 rings (SSSR count). The van der Waals surface area contributed by atoms with Crippen LogP contribution in [-0.2, 0) is 14.4 Å². The number of amides is 3. The van der Waals surface area contributed by atoms with Gasteiger partial charge in [0.15, 0.2) is 0 Å². The molecule has 0 aromatic rings. The highest BCUT2D eigenvalue weighted by Crippen LogP contribution is 2.26. The van der Waals surface area contributed by atoms with E-state index in [1.54, 1.807) is 0 Å². The van der Waals surface area contributed by atoms with Gasteiger partial charge >= 0.3 is 0 Å². The normalized spacial score (nSPS) is 32.9. The molecule has 0 saturated carbocycles. The van der Waals surface area contributed by atoms with Crippen LogP contribution in [0.1, 0.15) is 19.8 Å². The number of carbonyl (C=O) groups excluding carboxylic acids is 3. The van der Waals surface area contributed by atoms with Crippen molar-refractivity contribution in [3.8, 4) is 0 Å². The Kier molecular flexibility index (Phi) is 3.00. The van der Waals surface area contributed by atoms with E-state index in [-0.39, 0.29) is 30.2 Å². The summed E-state index contributed by atoms with van der Waals surface area (Å²) in [6.07, 6.45) is 7.70. The average Bonchev–Trinajstić information content (AvgIpc) is 2.40. The van der Waals surface area contributed by atoms with Gasteiger partial charge in [-0.1, -0.05) is 23.8 Å². The molecule has 3 atom stereocenters. The Hall–Kier alpha value is -2.24. The lowest BCUT2D eigenvalue weighted by Crippen LogP contribution is -2.57. The molecule has 0 radical (unpaired) electrons. The minimum atomic E-state index is -0.634. The third-order valence-electron chi connectivity index (χ3n) is 3.82. The number of nitrogens with zero attached hydrogens (tertiary/aromatic N) is 2. The van der Waals surface area contributed by atoms with E-state index in [4.69, 9.17) is 0 Å². The SMILES string of the molecule is CC1=CC2N=CN(C3CCC(=O)NC3=O)C(=O)C2C=C1. The van der Waals surface area contributed by atoms with Crippen molar-refractivity contribution in [2.75, 3.05) is 0 Å². The van der Waals surface area contributed by atoms with Crippen molar-refractivity contribution in [2.24, 2.45) is 10.9 Å². The van der Waals surface area contributed by atoms with Gasteiger partial charge in [0.1, 0.15) is 6.04 Å². The van der Waals surface area contributed by atoms with Gasteiger partial charge in [0.2, 0.25) is 17.7 Å². The largest absolute Gasteiger partial charge is 0.295 e. The summed E-state index contributed by atoms with van der Waals surface area (Å²) in [5.41, 5.74) is 1.07. The predicted molar refractivity (Wildman–Crippen MR) is 71.7 cm³/mol. The van der Waals surface area contributed by atoms with Crippen LogP contribution in [-0.4, -0.2) is 41.0 Å². The molecule has 6 nitrogen and oxygen atoms in total. The molecular weight excluding hydrogens is 258 g/mol. The molecule has 1 N–H and O–H groups in total. The van der Waals surface area contributed by atoms with E-state index >= 15 is 0 Å². The van der Waals surface area contributed by atoms with Crippen molar-refractivity contribution < 1.29 is 14.4 Å². The van der Waals surface area contributed by atoms with Gasteiger partial charge in [0.05, 0.1) is 18.3 Å². The summed E-state index contributed by atoms with van der Waals surface area (Å²) in [6, 6.07) is -0.817. The van der Waals surface area contributed by atoms with Crippen molar-refractivity contribution in [1.82, 2.24) is 10.2 Å². The second kappa shape index (κ2) is 4.70. The van der Waals surface area contributed by atoms with Crippen LogP contribution in [0.2, 0.25) is 0 Å². The third kappa shape index (κ3) is 2.07. The number of hydrogen-bond donors (Lipinski definition) is 1. The molecule has 3 amide bonds. The van der Waals surface area contributed by atoms with E-state index in [2.05, 4.69) is 10.3 Å². The van der Waals surface area contributed by atoms with E-state index in [1.807, 2.05) is 25.2 Å². The predicted octanol–water partition coefficient (Wildman–Crippen LogP) is 0.163. The highest BCUT2D eigenvalue weighted by atomic mass is 16.2. The Labute approximate surface area is 116 Å². The first kappa shape index (κ1) is 12.8. The van der Waals surface area contributed by atoms with Gasteiger partial charge in [-0.25, -0.2) is 0 Å². The molecule has 3 unspecified atom stereocenters. The minimum absolute atomic E-state index is 0.139. The maximum atomic E-state index is 12.5. The number of aliphatic imine (C=N–C) groups is 1. The number of rotatable bonds is 1. The minimum Gasteiger partial charge on any atom is -0.295 e. The Bertz CT molecular complexity index is 576. The zero-order valence-electron chi connectivity index (χ0n) is 11.1. The van der Waals surface area contributed by atoms with Gasteiger partial charge in [0, 0.05) is 6.42 Å². The molecule has 0 aromatic heterocycles. The highest BCUT2D eigenvalue weighted by Gasteiger charge is 2.40. The van der Waals surface area contributed by atoms with Crippen LogP contribution in [0.3, 0.4) is 0 Å². The van der Waals surface area contributed by atoms with E-state index < -0.39 is 11.9 Å². The summed E-state index contributed by atoms with van der Waals surface area (Å²) >= 11 is 0. The molecule has 6 heteroatoms. The summed E-state index contributed by atoms with van der Waals surface area (Å²) in [5, 5.41) is 2.26. The molecule has 104 valence electrons. The van der Waals surface area contributed by atoms with Gasteiger partial charge < -0.3 is 0 Å². The summed E-state index contributed by atoms with van der Waals surface area (Å²) in [4.78, 5) is 41.2. The molecule has 0 spiro atoms. The molecule has 1 saturated heterocycles. The fraction of sp³-hybridized carbons (Fsp3) is 0.429. The van der Waals surface area contributed by atoms with Crippen LogP contribution >= 0.6 is 0 Å². The number of nitrogens with one attached hydrogen (secondary N) is 1. The number of carbonyl (C=O) groups is 3. The zero-order valence-corrected chi connectivity index (χ0v) is 11.1. The van der Waals surface area contributed by atoms with Crippen LogP contribution in [0.4, 0.5) is 0 Å². The maximum Gasteiger partial charge on any atom is 0.249 e. The summed E-state index contributed by atoms with van der Waals surface area (Å²) < 4.78 is 0. The quantitative estimate of drug-likeness (QED) is 0.691. The molecule has 0 bridgehead atoms. The second-order valence-electron chi connectivity index (χ2n) is 5.26. The monoisotopic (exact) mass is 273 g/mol. The summed E-state index contributed by atoms with van der Waals surface area (Å²) in [7, 11) is 0. The Morgan fingerprint density at radius 3 is 2.90 bits per heavy atom. The molecule has 2 heterocycles. The molecule has 2 aliphatic heterocycles. The lowest BCUT2D eigenvalue weighted by atomic mass is 9.89. The lowest BCUT2D eigenvalue weighted by molar-refractivity contribution is -0.143. The van der Waals surface area contributed by atoms with Gasteiger partial charge in [-0.05, 0) is 13.3 Å². The lowest BCUT2D eigenvalue weighted by Gasteiger charge is -2.36.